The van der Waals surface area contributed by atoms with Crippen molar-refractivity contribution in [1.82, 2.24) is 5.32 Å². The first-order chi connectivity index (χ1) is 9.63. The third-order valence-electron chi connectivity index (χ3n) is 2.99. The number of carbonyl (C=O) groups excluding carboxylic acids is 2. The molecule has 21 heavy (non-hydrogen) atoms. The molecule has 0 aliphatic carbocycles. The average Bonchev–Trinajstić information content (AvgIpc) is 2.90. The van der Waals surface area contributed by atoms with Crippen molar-refractivity contribution >= 4 is 23.2 Å². The Labute approximate surface area is 124 Å². The number of carbonyl (C=O) groups is 2. The van der Waals surface area contributed by atoms with Gasteiger partial charge in [-0.3, -0.25) is 4.79 Å². The molecule has 0 radical (unpaired) electrons. The largest absolute Gasteiger partial charge is 0.464 e. The van der Waals surface area contributed by atoms with Crippen molar-refractivity contribution in [3.8, 4) is 0 Å². The van der Waals surface area contributed by atoms with Gasteiger partial charge in [0, 0.05) is 4.88 Å². The number of halogens is 3. The Hall–Kier alpha value is -1.57. The van der Waals surface area contributed by atoms with E-state index in [4.69, 9.17) is 0 Å². The van der Waals surface area contributed by atoms with Gasteiger partial charge in [-0.1, -0.05) is 6.07 Å². The fourth-order valence-corrected chi connectivity index (χ4v) is 2.32. The molecule has 0 bridgehead atoms. The minimum Gasteiger partial charge on any atom is -0.464 e. The second-order valence-corrected chi connectivity index (χ2v) is 5.55. The standard InChI is InChI=1S/C13H16F3NO3S/c1-4-20-11(19)12(3,13(14,15)16)17-10(18)8(2)9-6-5-7-21-9/h5-8H,4H2,1-3H3,(H,17,18). The van der Waals surface area contributed by atoms with Crippen LogP contribution in [0.25, 0.3) is 0 Å². The molecule has 0 aliphatic rings. The molecule has 0 saturated carbocycles. The van der Waals surface area contributed by atoms with Crippen LogP contribution in [0.2, 0.25) is 0 Å². The van der Waals surface area contributed by atoms with E-state index in [0.29, 0.717) is 11.8 Å². The van der Waals surface area contributed by atoms with Crippen molar-refractivity contribution in [2.24, 2.45) is 0 Å². The minimum atomic E-state index is -4.95. The van der Waals surface area contributed by atoms with Gasteiger partial charge in [0.25, 0.3) is 0 Å². The molecule has 4 nitrogen and oxygen atoms in total. The number of esters is 1. The summed E-state index contributed by atoms with van der Waals surface area (Å²) >= 11 is 1.25. The van der Waals surface area contributed by atoms with Gasteiger partial charge in [-0.05, 0) is 32.2 Å². The summed E-state index contributed by atoms with van der Waals surface area (Å²) < 4.78 is 43.8. The van der Waals surface area contributed by atoms with E-state index in [-0.39, 0.29) is 6.61 Å². The number of hydrogen-bond acceptors (Lipinski definition) is 4. The molecule has 2 unspecified atom stereocenters. The van der Waals surface area contributed by atoms with Gasteiger partial charge in [-0.25, -0.2) is 4.79 Å². The lowest BCUT2D eigenvalue weighted by Crippen LogP contribution is -2.63. The van der Waals surface area contributed by atoms with Crippen LogP contribution in [-0.2, 0) is 14.3 Å². The van der Waals surface area contributed by atoms with E-state index in [1.807, 2.05) is 0 Å². The SMILES string of the molecule is CCOC(=O)C(C)(NC(=O)C(C)c1cccs1)C(F)(F)F. The van der Waals surface area contributed by atoms with Crippen molar-refractivity contribution in [3.05, 3.63) is 22.4 Å². The molecule has 1 aromatic heterocycles. The molecule has 118 valence electrons. The first-order valence-corrected chi connectivity index (χ1v) is 7.10. The summed E-state index contributed by atoms with van der Waals surface area (Å²) in [6.07, 6.45) is -4.95. The highest BCUT2D eigenvalue weighted by atomic mass is 32.1. The summed E-state index contributed by atoms with van der Waals surface area (Å²) in [5, 5.41) is 3.49. The summed E-state index contributed by atoms with van der Waals surface area (Å²) in [7, 11) is 0. The van der Waals surface area contributed by atoms with Crippen LogP contribution < -0.4 is 5.32 Å². The number of thiophene rings is 1. The van der Waals surface area contributed by atoms with Gasteiger partial charge in [-0.2, -0.15) is 13.2 Å². The molecule has 1 N–H and O–H groups in total. The number of alkyl halides is 3. The highest BCUT2D eigenvalue weighted by Gasteiger charge is 2.59. The summed E-state index contributed by atoms with van der Waals surface area (Å²) in [6, 6.07) is 3.34. The molecule has 1 amide bonds. The maximum atomic E-state index is 13.1. The molecule has 0 aliphatic heterocycles. The number of nitrogens with one attached hydrogen (secondary N) is 1. The van der Waals surface area contributed by atoms with Crippen LogP contribution >= 0.6 is 11.3 Å². The molecule has 0 saturated heterocycles. The first kappa shape index (κ1) is 17.5. The second-order valence-electron chi connectivity index (χ2n) is 4.57. The lowest BCUT2D eigenvalue weighted by Gasteiger charge is -2.31. The topological polar surface area (TPSA) is 55.4 Å². The van der Waals surface area contributed by atoms with Gasteiger partial charge < -0.3 is 10.1 Å². The van der Waals surface area contributed by atoms with Crippen LogP contribution in [0, 0.1) is 0 Å². The maximum Gasteiger partial charge on any atom is 0.422 e. The van der Waals surface area contributed by atoms with Gasteiger partial charge in [0.2, 0.25) is 11.4 Å². The monoisotopic (exact) mass is 323 g/mol. The van der Waals surface area contributed by atoms with Gasteiger partial charge in [0.15, 0.2) is 0 Å². The summed E-state index contributed by atoms with van der Waals surface area (Å²) in [4.78, 5) is 24.2. The fraction of sp³-hybridized carbons (Fsp3) is 0.538. The Balaban J connectivity index is 2.97. The third kappa shape index (κ3) is 3.75. The number of hydrogen-bond donors (Lipinski definition) is 1. The molecule has 0 aromatic carbocycles. The predicted octanol–water partition coefficient (Wildman–Crippen LogP) is 2.85. The Kier molecular flexibility index (Phi) is 5.38. The molecular formula is C13H16F3NO3S. The molecule has 2 atom stereocenters. The van der Waals surface area contributed by atoms with E-state index in [1.54, 1.807) is 22.8 Å². The molecular weight excluding hydrogens is 307 g/mol. The van der Waals surface area contributed by atoms with Crippen LogP contribution in [0.3, 0.4) is 0 Å². The minimum absolute atomic E-state index is 0.207. The van der Waals surface area contributed by atoms with E-state index in [1.165, 1.54) is 25.2 Å². The van der Waals surface area contributed by atoms with Crippen molar-refractivity contribution in [3.63, 3.8) is 0 Å². The molecule has 0 fully saturated rings. The average molecular weight is 323 g/mol. The normalized spacial score (nSPS) is 15.9. The first-order valence-electron chi connectivity index (χ1n) is 6.22. The summed E-state index contributed by atoms with van der Waals surface area (Å²) in [5.41, 5.74) is -3.06. The molecule has 0 spiro atoms. The van der Waals surface area contributed by atoms with Crippen molar-refractivity contribution < 1.29 is 27.5 Å². The molecule has 8 heteroatoms. The zero-order valence-electron chi connectivity index (χ0n) is 11.8. The highest BCUT2D eigenvalue weighted by molar-refractivity contribution is 7.10. The van der Waals surface area contributed by atoms with E-state index < -0.39 is 29.5 Å². The second kappa shape index (κ2) is 6.46. The van der Waals surface area contributed by atoms with Crippen LogP contribution in [0.15, 0.2) is 17.5 Å². The molecule has 1 heterocycles. The van der Waals surface area contributed by atoms with Crippen LogP contribution in [0.4, 0.5) is 13.2 Å². The van der Waals surface area contributed by atoms with E-state index in [0.717, 1.165) is 0 Å². The van der Waals surface area contributed by atoms with Crippen LogP contribution in [0.5, 0.6) is 0 Å². The lowest BCUT2D eigenvalue weighted by molar-refractivity contribution is -0.210. The lowest BCUT2D eigenvalue weighted by atomic mass is 9.99. The number of amides is 1. The highest BCUT2D eigenvalue weighted by Crippen LogP contribution is 2.32. The molecule has 1 aromatic rings. The van der Waals surface area contributed by atoms with Gasteiger partial charge in [0.1, 0.15) is 0 Å². The Morgan fingerprint density at radius 1 is 1.43 bits per heavy atom. The quantitative estimate of drug-likeness (QED) is 0.848. The zero-order chi connectivity index (χ0) is 16.3. The number of rotatable bonds is 5. The smallest absolute Gasteiger partial charge is 0.422 e. The van der Waals surface area contributed by atoms with E-state index in [2.05, 4.69) is 4.74 Å². The van der Waals surface area contributed by atoms with Crippen molar-refractivity contribution in [1.29, 1.82) is 0 Å². The van der Waals surface area contributed by atoms with Gasteiger partial charge in [-0.15, -0.1) is 11.3 Å². The van der Waals surface area contributed by atoms with E-state index >= 15 is 0 Å². The Bertz CT molecular complexity index is 501. The van der Waals surface area contributed by atoms with Crippen LogP contribution in [0.1, 0.15) is 31.6 Å². The fourth-order valence-electron chi connectivity index (χ4n) is 1.53. The Morgan fingerprint density at radius 3 is 2.48 bits per heavy atom. The van der Waals surface area contributed by atoms with Crippen molar-refractivity contribution in [2.75, 3.05) is 6.61 Å². The van der Waals surface area contributed by atoms with Gasteiger partial charge in [0.05, 0.1) is 12.5 Å². The van der Waals surface area contributed by atoms with Crippen molar-refractivity contribution in [2.45, 2.75) is 38.4 Å². The third-order valence-corrected chi connectivity index (χ3v) is 4.04. The predicted molar refractivity (Wildman–Crippen MR) is 72.0 cm³/mol. The Morgan fingerprint density at radius 2 is 2.05 bits per heavy atom. The van der Waals surface area contributed by atoms with Gasteiger partial charge >= 0.3 is 12.1 Å². The molecule has 1 rings (SSSR count). The maximum absolute atomic E-state index is 13.1. The number of ether oxygens (including phenoxy) is 1. The summed E-state index contributed by atoms with van der Waals surface area (Å²) in [6.45, 7) is 3.26. The summed E-state index contributed by atoms with van der Waals surface area (Å²) in [5.74, 6) is -3.20. The zero-order valence-corrected chi connectivity index (χ0v) is 12.6. The van der Waals surface area contributed by atoms with E-state index in [9.17, 15) is 22.8 Å². The van der Waals surface area contributed by atoms with Crippen LogP contribution in [-0.4, -0.2) is 30.2 Å².